The Hall–Kier alpha value is -2.73. The lowest BCUT2D eigenvalue weighted by Gasteiger charge is -2.39. The van der Waals surface area contributed by atoms with Crippen molar-refractivity contribution in [3.63, 3.8) is 0 Å². The Morgan fingerprint density at radius 1 is 0.906 bits per heavy atom. The molecule has 7 heteroatoms. The molecule has 0 bridgehead atoms. The molecule has 6 nitrogen and oxygen atoms in total. The van der Waals surface area contributed by atoms with Crippen LogP contribution in [0.4, 0.5) is 5.69 Å². The second kappa shape index (κ2) is 9.82. The van der Waals surface area contributed by atoms with E-state index in [2.05, 4.69) is 11.8 Å². The van der Waals surface area contributed by atoms with Gasteiger partial charge in [0.2, 0.25) is 5.91 Å². The number of aryl methyl sites for hydroxylation is 1. The normalized spacial score (nSPS) is 17.4. The number of amides is 2. The zero-order valence-corrected chi connectivity index (χ0v) is 19.5. The minimum Gasteiger partial charge on any atom is -0.497 e. The van der Waals surface area contributed by atoms with E-state index in [1.54, 1.807) is 31.4 Å². The molecule has 2 amide bonds. The second-order valence-electron chi connectivity index (χ2n) is 8.54. The molecular formula is C25H30ClN3O3. The molecule has 2 aliphatic rings. The van der Waals surface area contributed by atoms with Crippen LogP contribution in [-0.2, 0) is 4.79 Å². The number of piperazine rings is 1. The van der Waals surface area contributed by atoms with Crippen molar-refractivity contribution in [2.24, 2.45) is 5.92 Å². The highest BCUT2D eigenvalue weighted by atomic mass is 35.5. The number of carbonyl (C=O) groups excluding carboxylic acids is 2. The number of carbonyl (C=O) groups is 2. The van der Waals surface area contributed by atoms with Crippen LogP contribution in [0.15, 0.2) is 42.5 Å². The SMILES string of the molecule is COc1ccc(C(=O)N2CCC(C(=O)N3CCN(c4cc(Cl)ccc4C)CC3)CC2)cc1. The van der Waals surface area contributed by atoms with Gasteiger partial charge in [0.05, 0.1) is 7.11 Å². The van der Waals surface area contributed by atoms with Crippen molar-refractivity contribution in [2.45, 2.75) is 19.8 Å². The molecule has 0 unspecified atom stereocenters. The Kier molecular flexibility index (Phi) is 6.89. The van der Waals surface area contributed by atoms with Crippen molar-refractivity contribution in [1.29, 1.82) is 0 Å². The number of methoxy groups -OCH3 is 1. The number of hydrogen-bond acceptors (Lipinski definition) is 4. The molecule has 2 aromatic carbocycles. The van der Waals surface area contributed by atoms with Crippen LogP contribution in [-0.4, -0.2) is 68.0 Å². The number of hydrogen-bond donors (Lipinski definition) is 0. The number of halogens is 1. The zero-order valence-electron chi connectivity index (χ0n) is 18.7. The molecule has 32 heavy (non-hydrogen) atoms. The Bertz CT molecular complexity index is 963. The summed E-state index contributed by atoms with van der Waals surface area (Å²) in [5.74, 6) is 0.971. The highest BCUT2D eigenvalue weighted by Crippen LogP contribution is 2.27. The third-order valence-corrected chi connectivity index (χ3v) is 6.81. The highest BCUT2D eigenvalue weighted by Gasteiger charge is 2.32. The molecule has 2 saturated heterocycles. The van der Waals surface area contributed by atoms with Crippen molar-refractivity contribution in [2.75, 3.05) is 51.3 Å². The maximum Gasteiger partial charge on any atom is 0.253 e. The Morgan fingerprint density at radius 3 is 2.19 bits per heavy atom. The second-order valence-corrected chi connectivity index (χ2v) is 8.97. The minimum atomic E-state index is -0.00521. The number of benzene rings is 2. The summed E-state index contributed by atoms with van der Waals surface area (Å²) < 4.78 is 5.16. The van der Waals surface area contributed by atoms with Crippen molar-refractivity contribution < 1.29 is 14.3 Å². The quantitative estimate of drug-likeness (QED) is 0.702. The van der Waals surface area contributed by atoms with Gasteiger partial charge in [-0.1, -0.05) is 17.7 Å². The molecule has 4 rings (SSSR count). The van der Waals surface area contributed by atoms with Gasteiger partial charge in [0, 0.05) is 61.5 Å². The van der Waals surface area contributed by atoms with Gasteiger partial charge in [-0.05, 0) is 61.7 Å². The first-order valence-corrected chi connectivity index (χ1v) is 11.6. The maximum absolute atomic E-state index is 13.1. The number of rotatable bonds is 4. The number of likely N-dealkylation sites (tertiary alicyclic amines) is 1. The lowest BCUT2D eigenvalue weighted by atomic mass is 9.94. The first-order chi connectivity index (χ1) is 15.5. The highest BCUT2D eigenvalue weighted by molar-refractivity contribution is 6.30. The van der Waals surface area contributed by atoms with Crippen LogP contribution in [0.2, 0.25) is 5.02 Å². The molecule has 0 aromatic heterocycles. The van der Waals surface area contributed by atoms with Crippen LogP contribution in [0.25, 0.3) is 0 Å². The van der Waals surface area contributed by atoms with E-state index in [1.165, 1.54) is 5.56 Å². The van der Waals surface area contributed by atoms with Crippen LogP contribution in [0, 0.1) is 12.8 Å². The fourth-order valence-electron chi connectivity index (χ4n) is 4.59. The van der Waals surface area contributed by atoms with Crippen LogP contribution < -0.4 is 9.64 Å². The summed E-state index contributed by atoms with van der Waals surface area (Å²) in [6.45, 7) is 6.37. The zero-order chi connectivity index (χ0) is 22.7. The summed E-state index contributed by atoms with van der Waals surface area (Å²) in [5, 5.41) is 0.736. The third-order valence-electron chi connectivity index (χ3n) is 6.57. The van der Waals surface area contributed by atoms with E-state index < -0.39 is 0 Å². The molecular weight excluding hydrogens is 426 g/mol. The molecule has 0 aliphatic carbocycles. The number of piperidine rings is 1. The van der Waals surface area contributed by atoms with E-state index in [-0.39, 0.29) is 17.7 Å². The lowest BCUT2D eigenvalue weighted by molar-refractivity contribution is -0.137. The van der Waals surface area contributed by atoms with Crippen molar-refractivity contribution >= 4 is 29.1 Å². The maximum atomic E-state index is 13.1. The van der Waals surface area contributed by atoms with Gasteiger partial charge >= 0.3 is 0 Å². The first kappa shape index (κ1) is 22.5. The standard InChI is InChI=1S/C25H30ClN3O3/c1-18-3-6-21(26)17-23(18)27-13-15-29(16-14-27)25(31)20-9-11-28(12-10-20)24(30)19-4-7-22(32-2)8-5-19/h3-8,17,20H,9-16H2,1-2H3. The molecule has 2 aliphatic heterocycles. The van der Waals surface area contributed by atoms with E-state index >= 15 is 0 Å². The fourth-order valence-corrected chi connectivity index (χ4v) is 4.76. The van der Waals surface area contributed by atoms with E-state index in [4.69, 9.17) is 16.3 Å². The number of anilines is 1. The predicted molar refractivity (Wildman–Crippen MR) is 127 cm³/mol. The van der Waals surface area contributed by atoms with Gasteiger partial charge in [-0.2, -0.15) is 0 Å². The summed E-state index contributed by atoms with van der Waals surface area (Å²) in [6.07, 6.45) is 1.43. The average molecular weight is 456 g/mol. The van der Waals surface area contributed by atoms with E-state index in [0.717, 1.165) is 42.6 Å². The third kappa shape index (κ3) is 4.85. The van der Waals surface area contributed by atoms with Crippen LogP contribution in [0.3, 0.4) is 0 Å². The van der Waals surface area contributed by atoms with Gasteiger partial charge in [-0.3, -0.25) is 9.59 Å². The largest absolute Gasteiger partial charge is 0.497 e. The Morgan fingerprint density at radius 2 is 1.56 bits per heavy atom. The van der Waals surface area contributed by atoms with Gasteiger partial charge in [-0.25, -0.2) is 0 Å². The molecule has 170 valence electrons. The summed E-state index contributed by atoms with van der Waals surface area (Å²) in [6, 6.07) is 13.1. The van der Waals surface area contributed by atoms with Crippen LogP contribution in [0.1, 0.15) is 28.8 Å². The Labute approximate surface area is 194 Å². The molecule has 0 spiro atoms. The van der Waals surface area contributed by atoms with Gasteiger partial charge in [0.1, 0.15) is 5.75 Å². The monoisotopic (exact) mass is 455 g/mol. The van der Waals surface area contributed by atoms with E-state index in [1.807, 2.05) is 28.0 Å². The summed E-state index contributed by atoms with van der Waals surface area (Å²) in [7, 11) is 1.61. The topological polar surface area (TPSA) is 53.1 Å². The molecule has 0 radical (unpaired) electrons. The number of nitrogens with zero attached hydrogens (tertiary/aromatic N) is 3. The summed E-state index contributed by atoms with van der Waals surface area (Å²) in [4.78, 5) is 32.0. The number of ether oxygens (including phenoxy) is 1. The Balaban J connectivity index is 1.28. The van der Waals surface area contributed by atoms with Crippen molar-refractivity contribution in [3.05, 3.63) is 58.6 Å². The smallest absolute Gasteiger partial charge is 0.253 e. The van der Waals surface area contributed by atoms with Gasteiger partial charge in [0.25, 0.3) is 5.91 Å². The molecule has 2 heterocycles. The van der Waals surface area contributed by atoms with Crippen molar-refractivity contribution in [3.8, 4) is 5.75 Å². The summed E-state index contributed by atoms with van der Waals surface area (Å²) in [5.41, 5.74) is 3.00. The average Bonchev–Trinajstić information content (AvgIpc) is 2.85. The molecule has 0 saturated carbocycles. The lowest BCUT2D eigenvalue weighted by Crippen LogP contribution is -2.52. The molecule has 2 aromatic rings. The fraction of sp³-hybridized carbons (Fsp3) is 0.440. The first-order valence-electron chi connectivity index (χ1n) is 11.2. The van der Waals surface area contributed by atoms with Gasteiger partial charge in [0.15, 0.2) is 0 Å². The minimum absolute atomic E-state index is 0.00521. The van der Waals surface area contributed by atoms with Crippen LogP contribution >= 0.6 is 11.6 Å². The van der Waals surface area contributed by atoms with Gasteiger partial charge in [-0.15, -0.1) is 0 Å². The molecule has 0 atom stereocenters. The van der Waals surface area contributed by atoms with Gasteiger partial charge < -0.3 is 19.4 Å². The predicted octanol–water partition coefficient (Wildman–Crippen LogP) is 3.86. The van der Waals surface area contributed by atoms with E-state index in [9.17, 15) is 9.59 Å². The van der Waals surface area contributed by atoms with Crippen LogP contribution in [0.5, 0.6) is 5.75 Å². The molecule has 2 fully saturated rings. The summed E-state index contributed by atoms with van der Waals surface area (Å²) >= 11 is 6.18. The van der Waals surface area contributed by atoms with Crippen molar-refractivity contribution in [1.82, 2.24) is 9.80 Å². The molecule has 0 N–H and O–H groups in total. The van der Waals surface area contributed by atoms with E-state index in [0.29, 0.717) is 31.5 Å².